The van der Waals surface area contributed by atoms with Gasteiger partial charge in [-0.1, -0.05) is 43.3 Å². The van der Waals surface area contributed by atoms with Crippen LogP contribution in [-0.2, 0) is 11.2 Å². The summed E-state index contributed by atoms with van der Waals surface area (Å²) in [5.41, 5.74) is 1.73. The highest BCUT2D eigenvalue weighted by molar-refractivity contribution is 7.97. The highest BCUT2D eigenvalue weighted by Gasteiger charge is 2.39. The molecule has 2 aliphatic heterocycles. The van der Waals surface area contributed by atoms with Crippen LogP contribution in [0.2, 0.25) is 0 Å². The molecule has 0 aliphatic carbocycles. The molecule has 0 radical (unpaired) electrons. The minimum absolute atomic E-state index is 0.0152. The van der Waals surface area contributed by atoms with Crippen LogP contribution in [0.4, 0.5) is 8.78 Å². The van der Waals surface area contributed by atoms with Crippen molar-refractivity contribution >= 4 is 17.9 Å². The van der Waals surface area contributed by atoms with Crippen molar-refractivity contribution in [1.29, 1.82) is 0 Å². The second-order valence-electron chi connectivity index (χ2n) is 7.89. The molecule has 0 spiro atoms. The third-order valence-electron chi connectivity index (χ3n) is 6.11. The number of hydrogen-bond donors (Lipinski definition) is 1. The molecule has 0 aromatic heterocycles. The Morgan fingerprint density at radius 3 is 2.83 bits per heavy atom. The summed E-state index contributed by atoms with van der Waals surface area (Å²) in [5, 5.41) is 0. The number of halogens is 2. The maximum atomic E-state index is 15.6. The molecule has 160 valence electrons. The number of para-hydroxylation sites is 1. The fraction of sp³-hybridized carbons (Fsp3) is 0.435. The summed E-state index contributed by atoms with van der Waals surface area (Å²) in [6, 6.07) is 11.8. The molecular weight excluding hydrogens is 406 g/mol. The lowest BCUT2D eigenvalue weighted by atomic mass is 9.83. The van der Waals surface area contributed by atoms with Crippen molar-refractivity contribution in [2.45, 2.75) is 38.3 Å². The molecule has 1 saturated heterocycles. The van der Waals surface area contributed by atoms with Gasteiger partial charge in [0.15, 0.2) is 0 Å². The van der Waals surface area contributed by atoms with E-state index in [0.29, 0.717) is 35.4 Å². The van der Waals surface area contributed by atoms with Gasteiger partial charge >= 0.3 is 0 Å². The lowest BCUT2D eigenvalue weighted by molar-refractivity contribution is -0.136. The Bertz CT molecular complexity index is 911. The highest BCUT2D eigenvalue weighted by atomic mass is 32.2. The number of nitrogens with zero attached hydrogens (tertiary/aromatic N) is 1. The Kier molecular flexibility index (Phi) is 6.58. The van der Waals surface area contributed by atoms with Gasteiger partial charge in [-0.05, 0) is 42.3 Å². The van der Waals surface area contributed by atoms with Gasteiger partial charge < -0.3 is 9.64 Å². The maximum Gasteiger partial charge on any atom is 0.226 e. The molecule has 1 amide bonds. The summed E-state index contributed by atoms with van der Waals surface area (Å²) in [4.78, 5) is 14.9. The molecule has 3 atom stereocenters. The molecule has 2 aromatic rings. The van der Waals surface area contributed by atoms with Crippen LogP contribution in [0, 0.1) is 11.7 Å². The Morgan fingerprint density at radius 2 is 2.00 bits per heavy atom. The number of ether oxygens (including phenoxy) is 1. The Hall–Kier alpha value is -2.12. The van der Waals surface area contributed by atoms with E-state index < -0.39 is 6.01 Å². The van der Waals surface area contributed by atoms with Crippen LogP contribution in [0.5, 0.6) is 5.75 Å². The van der Waals surface area contributed by atoms with E-state index in [-0.39, 0.29) is 42.8 Å². The minimum Gasteiger partial charge on any atom is -0.492 e. The molecule has 2 heterocycles. The fourth-order valence-electron chi connectivity index (χ4n) is 4.51. The topological polar surface area (TPSA) is 41.6 Å². The van der Waals surface area contributed by atoms with E-state index in [0.717, 1.165) is 18.4 Å². The van der Waals surface area contributed by atoms with Gasteiger partial charge in [0.1, 0.15) is 17.6 Å². The monoisotopic (exact) mass is 432 g/mol. The van der Waals surface area contributed by atoms with Crippen molar-refractivity contribution in [3.63, 3.8) is 0 Å². The van der Waals surface area contributed by atoms with Crippen LogP contribution in [-0.4, -0.2) is 42.0 Å². The van der Waals surface area contributed by atoms with E-state index >= 15 is 4.39 Å². The summed E-state index contributed by atoms with van der Waals surface area (Å²) < 4.78 is 37.5. The number of amides is 1. The zero-order chi connectivity index (χ0) is 21.1. The number of hydrogen-bond acceptors (Lipinski definition) is 4. The molecule has 7 heteroatoms. The van der Waals surface area contributed by atoms with Crippen molar-refractivity contribution in [2.75, 3.05) is 19.2 Å². The molecule has 1 N–H and O–H groups in total. The minimum atomic E-state index is -0.557. The molecule has 30 heavy (non-hydrogen) atoms. The van der Waals surface area contributed by atoms with Gasteiger partial charge in [-0.3, -0.25) is 9.52 Å². The third kappa shape index (κ3) is 4.18. The largest absolute Gasteiger partial charge is 0.492 e. The SMILES string of the molecule is CC1CCN2C(=O)CCOc3ccccc3-c3cccc(c3F)CC2C1NSCF. The molecular formula is C23H26F2N2O2S. The van der Waals surface area contributed by atoms with E-state index in [9.17, 15) is 9.18 Å². The number of alkyl halides is 1. The lowest BCUT2D eigenvalue weighted by Crippen LogP contribution is -2.59. The van der Waals surface area contributed by atoms with Gasteiger partial charge in [0.2, 0.25) is 5.91 Å². The number of benzene rings is 2. The molecule has 4 nitrogen and oxygen atoms in total. The Morgan fingerprint density at radius 1 is 1.20 bits per heavy atom. The van der Waals surface area contributed by atoms with E-state index in [1.165, 1.54) is 0 Å². The van der Waals surface area contributed by atoms with Crippen molar-refractivity contribution in [3.05, 3.63) is 53.8 Å². The third-order valence-corrected chi connectivity index (χ3v) is 6.65. The first-order valence-corrected chi connectivity index (χ1v) is 11.3. The van der Waals surface area contributed by atoms with Crippen LogP contribution in [0.15, 0.2) is 42.5 Å². The smallest absolute Gasteiger partial charge is 0.226 e. The van der Waals surface area contributed by atoms with Gasteiger partial charge in [0.25, 0.3) is 0 Å². The van der Waals surface area contributed by atoms with Crippen molar-refractivity contribution in [1.82, 2.24) is 9.62 Å². The number of fused-ring (bicyclic) bond motifs is 5. The average molecular weight is 433 g/mol. The zero-order valence-electron chi connectivity index (χ0n) is 16.9. The number of nitrogens with one attached hydrogen (secondary N) is 1. The zero-order valence-corrected chi connectivity index (χ0v) is 17.8. The summed E-state index contributed by atoms with van der Waals surface area (Å²) in [7, 11) is 0. The normalized spacial score (nSPS) is 24.2. The molecule has 4 rings (SSSR count). The highest BCUT2D eigenvalue weighted by Crippen LogP contribution is 2.35. The van der Waals surface area contributed by atoms with Crippen molar-refractivity contribution in [2.24, 2.45) is 5.92 Å². The second kappa shape index (κ2) is 9.35. The predicted octanol–water partition coefficient (Wildman–Crippen LogP) is 4.59. The van der Waals surface area contributed by atoms with Crippen LogP contribution in [0.3, 0.4) is 0 Å². The van der Waals surface area contributed by atoms with Crippen LogP contribution in [0.25, 0.3) is 11.1 Å². The van der Waals surface area contributed by atoms with Gasteiger partial charge in [-0.2, -0.15) is 0 Å². The second-order valence-corrected chi connectivity index (χ2v) is 8.64. The van der Waals surface area contributed by atoms with Crippen LogP contribution in [0.1, 0.15) is 25.3 Å². The quantitative estimate of drug-likeness (QED) is 0.721. The Labute approximate surface area is 180 Å². The predicted molar refractivity (Wildman–Crippen MR) is 115 cm³/mol. The van der Waals surface area contributed by atoms with Gasteiger partial charge in [0.05, 0.1) is 19.1 Å². The fourth-order valence-corrected chi connectivity index (χ4v) is 5.15. The number of piperidine rings is 1. The van der Waals surface area contributed by atoms with E-state index in [4.69, 9.17) is 4.74 Å². The number of carbonyl (C=O) groups is 1. The molecule has 1 fully saturated rings. The van der Waals surface area contributed by atoms with Gasteiger partial charge in [-0.15, -0.1) is 0 Å². The van der Waals surface area contributed by atoms with Crippen LogP contribution < -0.4 is 9.46 Å². The standard InChI is InChI=1S/C23H26F2N2O2S/c1-15-9-11-27-19(23(15)26-30-14-24)13-16-5-4-7-18(22(16)25)17-6-2-3-8-20(17)29-12-10-21(27)28/h2-8,15,19,23,26H,9-14H2,1H3. The summed E-state index contributed by atoms with van der Waals surface area (Å²) >= 11 is 1.00. The van der Waals surface area contributed by atoms with E-state index in [1.807, 2.05) is 29.2 Å². The molecule has 2 aromatic carbocycles. The molecule has 0 saturated carbocycles. The first-order chi connectivity index (χ1) is 14.6. The number of rotatable bonds is 3. The van der Waals surface area contributed by atoms with Gasteiger partial charge in [0, 0.05) is 23.7 Å². The van der Waals surface area contributed by atoms with E-state index in [1.54, 1.807) is 18.2 Å². The molecule has 2 bridgehead atoms. The summed E-state index contributed by atoms with van der Waals surface area (Å²) in [5.74, 6) is 0.508. The van der Waals surface area contributed by atoms with E-state index in [2.05, 4.69) is 11.6 Å². The van der Waals surface area contributed by atoms with Crippen molar-refractivity contribution < 1.29 is 18.3 Å². The maximum absolute atomic E-state index is 15.6. The van der Waals surface area contributed by atoms with Crippen LogP contribution >= 0.6 is 11.9 Å². The molecule has 3 unspecified atom stereocenters. The first kappa shape index (κ1) is 21.1. The average Bonchev–Trinajstić information content (AvgIpc) is 2.75. The molecule has 2 aliphatic rings. The van der Waals surface area contributed by atoms with Crippen molar-refractivity contribution in [3.8, 4) is 16.9 Å². The first-order valence-electron chi connectivity index (χ1n) is 10.3. The number of carbonyl (C=O) groups excluding carboxylic acids is 1. The summed E-state index contributed by atoms with van der Waals surface area (Å²) in [6.45, 7) is 2.94. The van der Waals surface area contributed by atoms with Gasteiger partial charge in [-0.25, -0.2) is 8.78 Å². The summed E-state index contributed by atoms with van der Waals surface area (Å²) in [6.07, 6.45) is 1.45. The lowest BCUT2D eigenvalue weighted by Gasteiger charge is -2.45. The Balaban J connectivity index is 1.78.